The van der Waals surface area contributed by atoms with Crippen LogP contribution >= 0.6 is 11.8 Å². The average Bonchev–Trinajstić information content (AvgIpc) is 2.85. The third-order valence-electron chi connectivity index (χ3n) is 5.60. The molecule has 1 N–H and O–H groups in total. The number of nitriles is 1. The molecule has 0 radical (unpaired) electrons. The maximum Gasteiger partial charge on any atom is 0.255 e. The molecular formula is C24H27FN4O3S. The van der Waals surface area contributed by atoms with E-state index in [1.807, 2.05) is 17.2 Å². The van der Waals surface area contributed by atoms with Gasteiger partial charge >= 0.3 is 0 Å². The van der Waals surface area contributed by atoms with Gasteiger partial charge in [-0.05, 0) is 42.7 Å². The van der Waals surface area contributed by atoms with Gasteiger partial charge < -0.3 is 19.9 Å². The highest BCUT2D eigenvalue weighted by Gasteiger charge is 2.30. The molecule has 2 amide bonds. The number of piperazine rings is 1. The number of para-hydroxylation sites is 1. The summed E-state index contributed by atoms with van der Waals surface area (Å²) in [4.78, 5) is 29.8. The molecule has 3 rings (SSSR count). The van der Waals surface area contributed by atoms with Gasteiger partial charge in [-0.1, -0.05) is 18.2 Å². The van der Waals surface area contributed by atoms with Gasteiger partial charge in [0.15, 0.2) is 0 Å². The molecule has 1 aliphatic heterocycles. The molecule has 0 aromatic heterocycles. The van der Waals surface area contributed by atoms with Crippen LogP contribution in [0.4, 0.5) is 10.1 Å². The summed E-state index contributed by atoms with van der Waals surface area (Å²) >= 11 is 1.61. The minimum absolute atomic E-state index is 0.0131. The number of benzene rings is 2. The predicted molar refractivity (Wildman–Crippen MR) is 127 cm³/mol. The van der Waals surface area contributed by atoms with Crippen molar-refractivity contribution in [3.8, 4) is 11.8 Å². The molecule has 1 saturated heterocycles. The number of thioether (sulfide) groups is 1. The topological polar surface area (TPSA) is 85.7 Å². The van der Waals surface area contributed by atoms with Crippen LogP contribution < -0.4 is 15.0 Å². The second kappa shape index (κ2) is 11.6. The van der Waals surface area contributed by atoms with Crippen molar-refractivity contribution in [3.63, 3.8) is 0 Å². The zero-order chi connectivity index (χ0) is 23.8. The molecule has 0 spiro atoms. The monoisotopic (exact) mass is 470 g/mol. The molecule has 2 aromatic rings. The van der Waals surface area contributed by atoms with E-state index in [1.165, 1.54) is 13.2 Å². The molecule has 174 valence electrons. The number of methoxy groups -OCH3 is 1. The molecule has 33 heavy (non-hydrogen) atoms. The predicted octanol–water partition coefficient (Wildman–Crippen LogP) is 2.91. The third-order valence-corrected chi connectivity index (χ3v) is 6.25. The van der Waals surface area contributed by atoms with E-state index in [1.54, 1.807) is 53.1 Å². The quantitative estimate of drug-likeness (QED) is 0.639. The maximum absolute atomic E-state index is 14.0. The Morgan fingerprint density at radius 2 is 1.91 bits per heavy atom. The van der Waals surface area contributed by atoms with Crippen LogP contribution in [-0.2, 0) is 4.79 Å². The minimum atomic E-state index is -0.662. The number of anilines is 1. The number of carbonyl (C=O) groups is 2. The Morgan fingerprint density at radius 1 is 1.18 bits per heavy atom. The SMILES string of the molecule is COc1ccccc1C(=O)NC(CCSC)C(=O)N1CCN(c2cccc(F)c2C#N)CC1. The summed E-state index contributed by atoms with van der Waals surface area (Å²) in [6, 6.07) is 12.7. The van der Waals surface area contributed by atoms with Gasteiger partial charge in [0.2, 0.25) is 5.91 Å². The Balaban J connectivity index is 1.69. The molecule has 1 fully saturated rings. The fraction of sp³-hybridized carbons (Fsp3) is 0.375. The van der Waals surface area contributed by atoms with E-state index in [0.29, 0.717) is 49.6 Å². The summed E-state index contributed by atoms with van der Waals surface area (Å²) in [5.41, 5.74) is 0.925. The number of rotatable bonds is 8. The highest BCUT2D eigenvalue weighted by Crippen LogP contribution is 2.24. The Labute approximate surface area is 197 Å². The number of carbonyl (C=O) groups excluding carboxylic acids is 2. The van der Waals surface area contributed by atoms with E-state index in [-0.39, 0.29) is 17.4 Å². The smallest absolute Gasteiger partial charge is 0.255 e. The van der Waals surface area contributed by atoms with Crippen molar-refractivity contribution < 1.29 is 18.7 Å². The fourth-order valence-corrected chi connectivity index (χ4v) is 4.31. The second-order valence-electron chi connectivity index (χ2n) is 7.57. The lowest BCUT2D eigenvalue weighted by atomic mass is 10.1. The molecule has 9 heteroatoms. The molecule has 0 aliphatic carbocycles. The summed E-state index contributed by atoms with van der Waals surface area (Å²) < 4.78 is 19.3. The maximum atomic E-state index is 14.0. The highest BCUT2D eigenvalue weighted by atomic mass is 32.2. The molecule has 1 heterocycles. The van der Waals surface area contributed by atoms with E-state index in [2.05, 4.69) is 5.32 Å². The second-order valence-corrected chi connectivity index (χ2v) is 8.55. The van der Waals surface area contributed by atoms with Crippen molar-refractivity contribution in [1.29, 1.82) is 5.26 Å². The number of halogens is 1. The van der Waals surface area contributed by atoms with Crippen LogP contribution in [0.25, 0.3) is 0 Å². The zero-order valence-corrected chi connectivity index (χ0v) is 19.5. The van der Waals surface area contributed by atoms with Crippen LogP contribution in [0.3, 0.4) is 0 Å². The van der Waals surface area contributed by atoms with Crippen molar-refractivity contribution >= 4 is 29.3 Å². The van der Waals surface area contributed by atoms with Crippen LogP contribution in [-0.4, -0.2) is 68.1 Å². The Hall–Kier alpha value is -3.25. The zero-order valence-electron chi connectivity index (χ0n) is 18.7. The first kappa shape index (κ1) is 24.4. The lowest BCUT2D eigenvalue weighted by molar-refractivity contribution is -0.133. The Morgan fingerprint density at radius 3 is 2.58 bits per heavy atom. The van der Waals surface area contributed by atoms with Crippen LogP contribution in [0, 0.1) is 17.1 Å². The molecule has 2 aromatic carbocycles. The van der Waals surface area contributed by atoms with Gasteiger partial charge in [0.25, 0.3) is 5.91 Å². The van der Waals surface area contributed by atoms with Crippen LogP contribution in [0.5, 0.6) is 5.75 Å². The summed E-state index contributed by atoms with van der Waals surface area (Å²) in [6.07, 6.45) is 2.46. The molecule has 7 nitrogen and oxygen atoms in total. The third kappa shape index (κ3) is 5.76. The van der Waals surface area contributed by atoms with Gasteiger partial charge in [-0.15, -0.1) is 0 Å². The van der Waals surface area contributed by atoms with E-state index < -0.39 is 11.9 Å². The number of amides is 2. The van der Waals surface area contributed by atoms with Gasteiger partial charge in [0.1, 0.15) is 29.2 Å². The van der Waals surface area contributed by atoms with Crippen LogP contribution in [0.1, 0.15) is 22.3 Å². The standard InChI is InChI=1S/C24H27FN4O3S/c1-32-22-9-4-3-6-17(22)23(30)27-20(10-15-33-2)24(31)29-13-11-28(12-14-29)21-8-5-7-19(25)18(21)16-26/h3-9,20H,10-15H2,1-2H3,(H,27,30). The number of hydrogen-bond donors (Lipinski definition) is 1. The van der Waals surface area contributed by atoms with Crippen molar-refractivity contribution in [2.24, 2.45) is 0 Å². The molecule has 1 atom stereocenters. The van der Waals surface area contributed by atoms with Crippen molar-refractivity contribution in [1.82, 2.24) is 10.2 Å². The van der Waals surface area contributed by atoms with Gasteiger partial charge in [0, 0.05) is 26.2 Å². The summed E-state index contributed by atoms with van der Waals surface area (Å²) in [5, 5.41) is 12.2. The summed E-state index contributed by atoms with van der Waals surface area (Å²) in [7, 11) is 1.50. The Bertz CT molecular complexity index is 1030. The van der Waals surface area contributed by atoms with Crippen LogP contribution in [0.15, 0.2) is 42.5 Å². The van der Waals surface area contributed by atoms with E-state index in [4.69, 9.17) is 4.74 Å². The number of hydrogen-bond acceptors (Lipinski definition) is 6. The first-order valence-electron chi connectivity index (χ1n) is 10.6. The van der Waals surface area contributed by atoms with Gasteiger partial charge in [0.05, 0.1) is 18.4 Å². The minimum Gasteiger partial charge on any atom is -0.496 e. The molecule has 1 unspecified atom stereocenters. The molecule has 0 saturated carbocycles. The van der Waals surface area contributed by atoms with E-state index in [0.717, 1.165) is 5.75 Å². The van der Waals surface area contributed by atoms with Crippen LogP contribution in [0.2, 0.25) is 0 Å². The molecular weight excluding hydrogens is 443 g/mol. The van der Waals surface area contributed by atoms with Crippen molar-refractivity contribution in [2.75, 3.05) is 50.2 Å². The van der Waals surface area contributed by atoms with Gasteiger partial charge in [-0.3, -0.25) is 9.59 Å². The van der Waals surface area contributed by atoms with Crippen molar-refractivity contribution in [3.05, 3.63) is 59.4 Å². The van der Waals surface area contributed by atoms with Gasteiger partial charge in [-0.2, -0.15) is 17.0 Å². The number of nitrogens with one attached hydrogen (secondary N) is 1. The number of ether oxygens (including phenoxy) is 1. The summed E-state index contributed by atoms with van der Waals surface area (Å²) in [6.45, 7) is 1.78. The average molecular weight is 471 g/mol. The normalized spacial score (nSPS) is 14.4. The fourth-order valence-electron chi connectivity index (χ4n) is 3.84. The number of nitrogens with zero attached hydrogens (tertiary/aromatic N) is 3. The summed E-state index contributed by atoms with van der Waals surface area (Å²) in [5.74, 6) is 0.112. The highest BCUT2D eigenvalue weighted by molar-refractivity contribution is 7.98. The lowest BCUT2D eigenvalue weighted by Gasteiger charge is -2.38. The first-order chi connectivity index (χ1) is 16.0. The molecule has 1 aliphatic rings. The van der Waals surface area contributed by atoms with E-state index >= 15 is 0 Å². The van der Waals surface area contributed by atoms with Crippen molar-refractivity contribution in [2.45, 2.75) is 12.5 Å². The van der Waals surface area contributed by atoms with Gasteiger partial charge in [-0.25, -0.2) is 4.39 Å². The Kier molecular flexibility index (Phi) is 8.55. The van der Waals surface area contributed by atoms with E-state index in [9.17, 15) is 19.2 Å². The first-order valence-corrected chi connectivity index (χ1v) is 12.0. The lowest BCUT2D eigenvalue weighted by Crippen LogP contribution is -2.55. The molecule has 0 bridgehead atoms. The largest absolute Gasteiger partial charge is 0.496 e.